The monoisotopic (exact) mass is 360 g/mol. The van der Waals surface area contributed by atoms with Gasteiger partial charge in [-0.25, -0.2) is 0 Å². The minimum Gasteiger partial charge on any atom is -0.508 e. The Bertz CT molecular complexity index is 1230. The van der Waals surface area contributed by atoms with Gasteiger partial charge in [0, 0.05) is 10.9 Å². The molecule has 0 aliphatic rings. The molecule has 0 atom stereocenters. The summed E-state index contributed by atoms with van der Waals surface area (Å²) in [6.45, 7) is 0. The Balaban J connectivity index is 1.84. The first-order chi connectivity index (χ1) is 12.6. The fourth-order valence-electron chi connectivity index (χ4n) is 2.93. The van der Waals surface area contributed by atoms with Crippen molar-refractivity contribution in [2.75, 3.05) is 0 Å². The minimum atomic E-state index is -0.592. The van der Waals surface area contributed by atoms with Crippen LogP contribution in [0.4, 0.5) is 0 Å². The van der Waals surface area contributed by atoms with Gasteiger partial charge >= 0.3 is 0 Å². The molecule has 0 aliphatic heterocycles. The maximum atomic E-state index is 11.8. The summed E-state index contributed by atoms with van der Waals surface area (Å²) in [5.41, 5.74) is 2.56. The number of aromatic amines is 1. The molecule has 0 spiro atoms. The van der Waals surface area contributed by atoms with Crippen molar-refractivity contribution >= 4 is 21.6 Å². The zero-order valence-corrected chi connectivity index (χ0v) is 14.2. The van der Waals surface area contributed by atoms with Crippen LogP contribution in [-0.4, -0.2) is 15.2 Å². The summed E-state index contributed by atoms with van der Waals surface area (Å²) in [6, 6.07) is 16.4. The summed E-state index contributed by atoms with van der Waals surface area (Å²) in [7, 11) is 0. The van der Waals surface area contributed by atoms with Crippen molar-refractivity contribution in [1.82, 2.24) is 4.98 Å². The van der Waals surface area contributed by atoms with E-state index in [1.165, 1.54) is 11.3 Å². The van der Waals surface area contributed by atoms with Crippen LogP contribution in [0.2, 0.25) is 0 Å². The highest BCUT2D eigenvalue weighted by molar-refractivity contribution is 7.17. The number of thiophene rings is 1. The quantitative estimate of drug-likeness (QED) is 0.499. The number of aromatic nitrogens is 1. The number of aromatic hydroxyl groups is 2. The number of fused-ring (bicyclic) bond motifs is 1. The second kappa shape index (κ2) is 6.06. The van der Waals surface area contributed by atoms with E-state index in [1.807, 2.05) is 35.7 Å². The Morgan fingerprint density at radius 3 is 2.42 bits per heavy atom. The standard InChI is InChI=1S/C20H12N2O3S/c21-9-15-18(24)17-16(10-26-20(17)22-19(15)25)12-6-4-11(5-7-12)13-2-1-3-14(23)8-13/h1-8,10,23H,(H2,22,24,25). The van der Waals surface area contributed by atoms with Crippen LogP contribution in [0.25, 0.3) is 32.5 Å². The van der Waals surface area contributed by atoms with Gasteiger partial charge < -0.3 is 15.2 Å². The number of rotatable bonds is 2. The second-order valence-corrected chi connectivity index (χ2v) is 6.65. The average Bonchev–Trinajstić information content (AvgIpc) is 3.06. The van der Waals surface area contributed by atoms with Crippen molar-refractivity contribution in [2.45, 2.75) is 0 Å². The number of nitriles is 1. The molecule has 4 rings (SSSR count). The van der Waals surface area contributed by atoms with Gasteiger partial charge in [-0.1, -0.05) is 36.4 Å². The first kappa shape index (κ1) is 15.9. The molecular weight excluding hydrogens is 348 g/mol. The van der Waals surface area contributed by atoms with Crippen LogP contribution in [0.15, 0.2) is 58.7 Å². The van der Waals surface area contributed by atoms with E-state index in [-0.39, 0.29) is 17.1 Å². The molecule has 2 aromatic heterocycles. The molecule has 0 radical (unpaired) electrons. The maximum absolute atomic E-state index is 11.8. The predicted octanol–water partition coefficient (Wildman–Crippen LogP) is 4.21. The first-order valence-electron chi connectivity index (χ1n) is 7.75. The summed E-state index contributed by atoms with van der Waals surface area (Å²) in [4.78, 5) is 15.0. The number of nitrogens with one attached hydrogen (secondary N) is 1. The normalized spacial score (nSPS) is 10.7. The lowest BCUT2D eigenvalue weighted by atomic mass is 9.99. The van der Waals surface area contributed by atoms with Crippen molar-refractivity contribution in [3.8, 4) is 39.8 Å². The van der Waals surface area contributed by atoms with Gasteiger partial charge in [-0.2, -0.15) is 5.26 Å². The molecule has 0 fully saturated rings. The number of pyridine rings is 1. The lowest BCUT2D eigenvalue weighted by Gasteiger charge is -2.06. The molecule has 5 nitrogen and oxygen atoms in total. The number of hydrogen-bond acceptors (Lipinski definition) is 5. The van der Waals surface area contributed by atoms with Gasteiger partial charge in [0.2, 0.25) is 0 Å². The number of hydrogen-bond donors (Lipinski definition) is 3. The highest BCUT2D eigenvalue weighted by atomic mass is 32.1. The van der Waals surface area contributed by atoms with Crippen molar-refractivity contribution in [3.05, 3.63) is 69.8 Å². The molecule has 0 unspecified atom stereocenters. The highest BCUT2D eigenvalue weighted by Crippen LogP contribution is 2.39. The van der Waals surface area contributed by atoms with Crippen LogP contribution in [0.1, 0.15) is 5.56 Å². The van der Waals surface area contributed by atoms with Crippen LogP contribution >= 0.6 is 11.3 Å². The lowest BCUT2D eigenvalue weighted by molar-refractivity contribution is 0.475. The van der Waals surface area contributed by atoms with Crippen molar-refractivity contribution < 1.29 is 10.2 Å². The van der Waals surface area contributed by atoms with Crippen LogP contribution in [0.5, 0.6) is 11.5 Å². The van der Waals surface area contributed by atoms with E-state index in [4.69, 9.17) is 5.26 Å². The third-order valence-corrected chi connectivity index (χ3v) is 5.10. The summed E-state index contributed by atoms with van der Waals surface area (Å²) in [6.07, 6.45) is 0. The van der Waals surface area contributed by atoms with Crippen LogP contribution < -0.4 is 5.56 Å². The predicted molar refractivity (Wildman–Crippen MR) is 101 cm³/mol. The molecule has 4 aromatic rings. The maximum Gasteiger partial charge on any atom is 0.270 e. The minimum absolute atomic E-state index is 0.202. The fraction of sp³-hybridized carbons (Fsp3) is 0. The van der Waals surface area contributed by atoms with E-state index in [2.05, 4.69) is 4.98 Å². The topological polar surface area (TPSA) is 97.1 Å². The molecule has 6 heteroatoms. The van der Waals surface area contributed by atoms with Gasteiger partial charge in [-0.05, 0) is 28.8 Å². The molecule has 0 aliphatic carbocycles. The molecule has 0 saturated carbocycles. The molecule has 26 heavy (non-hydrogen) atoms. The summed E-state index contributed by atoms with van der Waals surface area (Å²) in [5, 5.41) is 31.4. The van der Waals surface area contributed by atoms with Crippen molar-refractivity contribution in [1.29, 1.82) is 5.26 Å². The molecular formula is C20H12N2O3S. The Hall–Kier alpha value is -3.56. The van der Waals surface area contributed by atoms with Crippen LogP contribution in [0.3, 0.4) is 0 Å². The average molecular weight is 360 g/mol. The van der Waals surface area contributed by atoms with Gasteiger partial charge in [-0.15, -0.1) is 11.3 Å². The number of phenolic OH excluding ortho intramolecular Hbond substituents is 1. The Kier molecular flexibility index (Phi) is 3.72. The number of phenols is 1. The van der Waals surface area contributed by atoms with E-state index in [0.29, 0.717) is 10.2 Å². The first-order valence-corrected chi connectivity index (χ1v) is 8.63. The third kappa shape index (κ3) is 2.51. The van der Waals surface area contributed by atoms with Crippen LogP contribution in [-0.2, 0) is 0 Å². The van der Waals surface area contributed by atoms with Crippen LogP contribution in [0, 0.1) is 11.3 Å². The van der Waals surface area contributed by atoms with Gasteiger partial charge in [-0.3, -0.25) is 4.79 Å². The van der Waals surface area contributed by atoms with E-state index in [1.54, 1.807) is 24.3 Å². The molecule has 2 heterocycles. The Labute approximate surface area is 152 Å². The number of nitrogens with zero attached hydrogens (tertiary/aromatic N) is 1. The van der Waals surface area contributed by atoms with Crippen molar-refractivity contribution in [2.24, 2.45) is 0 Å². The molecule has 126 valence electrons. The third-order valence-electron chi connectivity index (χ3n) is 4.21. The largest absolute Gasteiger partial charge is 0.508 e. The summed E-state index contributed by atoms with van der Waals surface area (Å²) >= 11 is 1.30. The molecule has 2 aromatic carbocycles. The number of H-pyrrole nitrogens is 1. The fourth-order valence-corrected chi connectivity index (χ4v) is 3.89. The summed E-state index contributed by atoms with van der Waals surface area (Å²) < 4.78 is 0. The highest BCUT2D eigenvalue weighted by Gasteiger charge is 2.17. The Morgan fingerprint density at radius 2 is 1.73 bits per heavy atom. The van der Waals surface area contributed by atoms with E-state index >= 15 is 0 Å². The van der Waals surface area contributed by atoms with E-state index < -0.39 is 5.56 Å². The number of benzene rings is 2. The second-order valence-electron chi connectivity index (χ2n) is 5.77. The van der Waals surface area contributed by atoms with E-state index in [0.717, 1.165) is 22.3 Å². The van der Waals surface area contributed by atoms with Crippen molar-refractivity contribution in [3.63, 3.8) is 0 Å². The zero-order valence-electron chi connectivity index (χ0n) is 13.4. The lowest BCUT2D eigenvalue weighted by Crippen LogP contribution is -2.09. The SMILES string of the molecule is N#Cc1c(O)c2c(-c3ccc(-c4cccc(O)c4)cc3)csc2[nH]c1=O. The molecule has 0 amide bonds. The van der Waals surface area contributed by atoms with Gasteiger partial charge in [0.15, 0.2) is 5.56 Å². The molecule has 0 bridgehead atoms. The Morgan fingerprint density at radius 1 is 1.00 bits per heavy atom. The zero-order chi connectivity index (χ0) is 18.3. The van der Waals surface area contributed by atoms with Gasteiger partial charge in [0.25, 0.3) is 5.56 Å². The summed E-state index contributed by atoms with van der Waals surface area (Å²) in [5.74, 6) is -0.0899. The molecule has 3 N–H and O–H groups in total. The van der Waals surface area contributed by atoms with Gasteiger partial charge in [0.05, 0.1) is 5.39 Å². The van der Waals surface area contributed by atoms with Gasteiger partial charge in [0.1, 0.15) is 22.4 Å². The smallest absolute Gasteiger partial charge is 0.270 e. The molecule has 0 saturated heterocycles. The van der Waals surface area contributed by atoms with E-state index in [9.17, 15) is 15.0 Å².